The number of hydrogen-bond acceptors (Lipinski definition) is 2. The van der Waals surface area contributed by atoms with Crippen LogP contribution in [0.15, 0.2) is 0 Å². The van der Waals surface area contributed by atoms with E-state index in [1.54, 1.807) is 0 Å². The smallest absolute Gasteiger partial charge is 0.226 e. The molecule has 96 valence electrons. The Kier molecular flexibility index (Phi) is 2.89. The van der Waals surface area contributed by atoms with Crippen molar-refractivity contribution in [3.63, 3.8) is 0 Å². The van der Waals surface area contributed by atoms with E-state index in [1.165, 1.54) is 32.1 Å². The molecule has 1 aliphatic heterocycles. The first-order valence-corrected chi connectivity index (χ1v) is 7.27. The van der Waals surface area contributed by atoms with Crippen LogP contribution in [0.25, 0.3) is 0 Å². The van der Waals surface area contributed by atoms with Crippen molar-refractivity contribution < 1.29 is 4.79 Å². The van der Waals surface area contributed by atoms with Crippen molar-refractivity contribution in [2.75, 3.05) is 13.1 Å². The van der Waals surface area contributed by atoms with Gasteiger partial charge in [0, 0.05) is 19.0 Å². The highest BCUT2D eigenvalue weighted by molar-refractivity contribution is 5.80. The summed E-state index contributed by atoms with van der Waals surface area (Å²) in [6, 6.07) is 0. The van der Waals surface area contributed by atoms with E-state index in [-0.39, 0.29) is 5.54 Å². The van der Waals surface area contributed by atoms with Crippen LogP contribution in [0.3, 0.4) is 0 Å². The number of fused-ring (bicyclic) bond motifs is 2. The number of carbonyl (C=O) groups is 1. The van der Waals surface area contributed by atoms with E-state index in [9.17, 15) is 4.79 Å². The summed E-state index contributed by atoms with van der Waals surface area (Å²) in [7, 11) is 0. The number of nitrogens with two attached hydrogens (primary N) is 1. The Hall–Kier alpha value is -0.570. The second-order valence-corrected chi connectivity index (χ2v) is 6.32. The zero-order valence-corrected chi connectivity index (χ0v) is 10.7. The molecule has 2 unspecified atom stereocenters. The highest BCUT2D eigenvalue weighted by Crippen LogP contribution is 2.45. The van der Waals surface area contributed by atoms with Crippen LogP contribution in [-0.4, -0.2) is 29.4 Å². The van der Waals surface area contributed by atoms with Crippen molar-refractivity contribution in [2.24, 2.45) is 17.6 Å². The lowest BCUT2D eigenvalue weighted by atomic mass is 9.79. The fraction of sp³-hybridized carbons (Fsp3) is 0.929. The minimum Gasteiger partial charge on any atom is -0.335 e. The van der Waals surface area contributed by atoms with Crippen molar-refractivity contribution in [3.05, 3.63) is 0 Å². The summed E-state index contributed by atoms with van der Waals surface area (Å²) in [5.41, 5.74) is 6.05. The number of nitrogens with zero attached hydrogens (tertiary/aromatic N) is 1. The first-order chi connectivity index (χ1) is 8.25. The van der Waals surface area contributed by atoms with Gasteiger partial charge in [0.05, 0.1) is 5.54 Å². The molecule has 0 radical (unpaired) electrons. The van der Waals surface area contributed by atoms with E-state index in [2.05, 4.69) is 4.90 Å². The van der Waals surface area contributed by atoms with E-state index in [4.69, 9.17) is 5.73 Å². The summed E-state index contributed by atoms with van der Waals surface area (Å²) in [6.45, 7) is 1.66. The molecule has 0 aromatic carbocycles. The number of carbonyl (C=O) groups excluding carboxylic acids is 1. The van der Waals surface area contributed by atoms with Crippen molar-refractivity contribution >= 4 is 5.91 Å². The molecule has 1 heterocycles. The van der Waals surface area contributed by atoms with Gasteiger partial charge in [-0.15, -0.1) is 0 Å². The molecule has 3 rings (SSSR count). The topological polar surface area (TPSA) is 46.3 Å². The number of rotatable bonds is 2. The van der Waals surface area contributed by atoms with Gasteiger partial charge in [0.15, 0.2) is 0 Å². The molecule has 2 atom stereocenters. The molecule has 1 amide bonds. The zero-order valence-electron chi connectivity index (χ0n) is 10.7. The van der Waals surface area contributed by atoms with Gasteiger partial charge in [-0.3, -0.25) is 4.79 Å². The van der Waals surface area contributed by atoms with Gasteiger partial charge in [0.1, 0.15) is 0 Å². The quantitative estimate of drug-likeness (QED) is 0.796. The van der Waals surface area contributed by atoms with Gasteiger partial charge < -0.3 is 10.6 Å². The third kappa shape index (κ3) is 1.79. The molecule has 3 heteroatoms. The van der Waals surface area contributed by atoms with Crippen LogP contribution >= 0.6 is 0 Å². The molecule has 2 bridgehead atoms. The minimum absolute atomic E-state index is 0.0442. The summed E-state index contributed by atoms with van der Waals surface area (Å²) in [4.78, 5) is 14.8. The molecule has 2 aliphatic carbocycles. The molecule has 0 aromatic rings. The monoisotopic (exact) mass is 236 g/mol. The van der Waals surface area contributed by atoms with E-state index < -0.39 is 0 Å². The van der Waals surface area contributed by atoms with Gasteiger partial charge in [-0.1, -0.05) is 19.3 Å². The van der Waals surface area contributed by atoms with Gasteiger partial charge in [0.25, 0.3) is 0 Å². The Morgan fingerprint density at radius 2 is 2.00 bits per heavy atom. The molecule has 2 N–H and O–H groups in total. The Morgan fingerprint density at radius 3 is 2.71 bits per heavy atom. The lowest BCUT2D eigenvalue weighted by molar-refractivity contribution is -0.139. The fourth-order valence-corrected chi connectivity index (χ4v) is 4.33. The molecule has 0 spiro atoms. The summed E-state index contributed by atoms with van der Waals surface area (Å²) in [5, 5.41) is 0. The van der Waals surface area contributed by atoms with Crippen LogP contribution in [0.4, 0.5) is 0 Å². The first kappa shape index (κ1) is 11.5. The maximum atomic E-state index is 12.6. The summed E-state index contributed by atoms with van der Waals surface area (Å²) >= 11 is 0. The number of hydrogen-bond donors (Lipinski definition) is 1. The third-order valence-electron chi connectivity index (χ3n) is 5.29. The van der Waals surface area contributed by atoms with Crippen molar-refractivity contribution in [3.8, 4) is 0 Å². The normalized spacial score (nSPS) is 37.7. The van der Waals surface area contributed by atoms with E-state index in [0.717, 1.165) is 31.7 Å². The Labute approximate surface area is 104 Å². The zero-order chi connectivity index (χ0) is 11.9. The highest BCUT2D eigenvalue weighted by Gasteiger charge is 2.50. The lowest BCUT2D eigenvalue weighted by Crippen LogP contribution is -2.53. The van der Waals surface area contributed by atoms with Crippen LogP contribution in [0.1, 0.15) is 51.4 Å². The highest BCUT2D eigenvalue weighted by atomic mass is 16.2. The second-order valence-electron chi connectivity index (χ2n) is 6.32. The average Bonchev–Trinajstić information content (AvgIpc) is 2.96. The molecule has 3 fully saturated rings. The lowest BCUT2D eigenvalue weighted by Gasteiger charge is -2.40. The molecular formula is C14H24N2O. The summed E-state index contributed by atoms with van der Waals surface area (Å²) < 4.78 is 0. The van der Waals surface area contributed by atoms with Crippen molar-refractivity contribution in [2.45, 2.75) is 56.9 Å². The summed E-state index contributed by atoms with van der Waals surface area (Å²) in [5.74, 6) is 1.48. The Bertz CT molecular complexity index is 311. The fourth-order valence-electron chi connectivity index (χ4n) is 4.33. The van der Waals surface area contributed by atoms with E-state index in [1.807, 2.05) is 0 Å². The minimum atomic E-state index is 0.0442. The van der Waals surface area contributed by atoms with Crippen LogP contribution in [0.2, 0.25) is 0 Å². The SMILES string of the molecule is NCC12CCCC(CN1C(=O)C1CCCC1)C2. The third-order valence-corrected chi connectivity index (χ3v) is 5.29. The molecule has 2 saturated carbocycles. The van der Waals surface area contributed by atoms with Crippen LogP contribution < -0.4 is 5.73 Å². The summed E-state index contributed by atoms with van der Waals surface area (Å²) in [6.07, 6.45) is 9.57. The van der Waals surface area contributed by atoms with Crippen molar-refractivity contribution in [1.29, 1.82) is 0 Å². The number of likely N-dealkylation sites (tertiary alicyclic amines) is 1. The van der Waals surface area contributed by atoms with Gasteiger partial charge in [-0.25, -0.2) is 0 Å². The molecule has 17 heavy (non-hydrogen) atoms. The predicted octanol–water partition coefficient (Wildman–Crippen LogP) is 1.91. The van der Waals surface area contributed by atoms with Gasteiger partial charge in [-0.05, 0) is 38.0 Å². The Balaban J connectivity index is 1.79. The molecule has 3 nitrogen and oxygen atoms in total. The molecule has 3 aliphatic rings. The maximum Gasteiger partial charge on any atom is 0.226 e. The average molecular weight is 236 g/mol. The second kappa shape index (κ2) is 4.27. The standard InChI is InChI=1S/C14H24N2O/c15-10-14-7-3-4-11(8-14)9-16(14)13(17)12-5-1-2-6-12/h11-12H,1-10,15H2. The van der Waals surface area contributed by atoms with E-state index >= 15 is 0 Å². The number of amides is 1. The Morgan fingerprint density at radius 1 is 1.24 bits per heavy atom. The molecule has 1 saturated heterocycles. The maximum absolute atomic E-state index is 12.6. The van der Waals surface area contributed by atoms with Crippen LogP contribution in [0.5, 0.6) is 0 Å². The molecular weight excluding hydrogens is 212 g/mol. The first-order valence-electron chi connectivity index (χ1n) is 7.27. The molecule has 0 aromatic heterocycles. The predicted molar refractivity (Wildman–Crippen MR) is 67.4 cm³/mol. The van der Waals surface area contributed by atoms with Crippen molar-refractivity contribution in [1.82, 2.24) is 4.90 Å². The van der Waals surface area contributed by atoms with Gasteiger partial charge in [0.2, 0.25) is 5.91 Å². The van der Waals surface area contributed by atoms with Crippen LogP contribution in [-0.2, 0) is 4.79 Å². The van der Waals surface area contributed by atoms with Crippen LogP contribution in [0, 0.1) is 11.8 Å². The van der Waals surface area contributed by atoms with Gasteiger partial charge in [-0.2, -0.15) is 0 Å². The van der Waals surface area contributed by atoms with E-state index in [0.29, 0.717) is 18.4 Å². The van der Waals surface area contributed by atoms with Gasteiger partial charge >= 0.3 is 0 Å². The largest absolute Gasteiger partial charge is 0.335 e.